The van der Waals surface area contributed by atoms with E-state index in [0.29, 0.717) is 12.0 Å². The number of likely N-dealkylation sites (tertiary alicyclic amines) is 1. The molecule has 0 aromatic carbocycles. The van der Waals surface area contributed by atoms with Crippen molar-refractivity contribution in [3.8, 4) is 0 Å². The third kappa shape index (κ3) is 3.32. The van der Waals surface area contributed by atoms with Gasteiger partial charge < -0.3 is 10.4 Å². The van der Waals surface area contributed by atoms with Gasteiger partial charge in [0.25, 0.3) is 0 Å². The topological polar surface area (TPSA) is 35.5 Å². The van der Waals surface area contributed by atoms with Crippen LogP contribution in [0.5, 0.6) is 0 Å². The molecule has 2 saturated carbocycles. The van der Waals surface area contributed by atoms with E-state index in [2.05, 4.69) is 17.1 Å². The number of piperidine rings is 1. The standard InChI is InChI=1S/C16H30N2O/c1-11-3-6-16(11)18-9-14(12(2)19)7-15(10-18)17-8-13-4-5-13/h11-17,19H,3-10H2,1-2H3. The fourth-order valence-electron chi connectivity index (χ4n) is 3.79. The molecular formula is C16H30N2O. The number of aliphatic hydroxyl groups excluding tert-OH is 1. The van der Waals surface area contributed by atoms with E-state index in [0.717, 1.165) is 30.8 Å². The highest BCUT2D eigenvalue weighted by Gasteiger charge is 2.38. The maximum atomic E-state index is 9.99. The van der Waals surface area contributed by atoms with Crippen LogP contribution in [0.25, 0.3) is 0 Å². The van der Waals surface area contributed by atoms with Crippen molar-refractivity contribution in [2.75, 3.05) is 19.6 Å². The average Bonchev–Trinajstić information content (AvgIpc) is 3.18. The second-order valence-corrected chi connectivity index (χ2v) is 7.36. The summed E-state index contributed by atoms with van der Waals surface area (Å²) >= 11 is 0. The van der Waals surface area contributed by atoms with Crippen molar-refractivity contribution in [2.45, 2.75) is 64.1 Å². The van der Waals surface area contributed by atoms with Crippen molar-refractivity contribution in [3.05, 3.63) is 0 Å². The highest BCUT2D eigenvalue weighted by Crippen LogP contribution is 2.35. The molecule has 0 amide bonds. The first-order chi connectivity index (χ1) is 9.13. The van der Waals surface area contributed by atoms with Gasteiger partial charge in [0.05, 0.1) is 6.10 Å². The summed E-state index contributed by atoms with van der Waals surface area (Å²) in [6, 6.07) is 1.38. The summed E-state index contributed by atoms with van der Waals surface area (Å²) in [5.41, 5.74) is 0. The molecular weight excluding hydrogens is 236 g/mol. The Morgan fingerprint density at radius 2 is 2.00 bits per heavy atom. The molecule has 1 saturated heterocycles. The first-order valence-corrected chi connectivity index (χ1v) is 8.29. The number of aliphatic hydroxyl groups is 1. The van der Waals surface area contributed by atoms with E-state index in [1.165, 1.54) is 38.8 Å². The molecule has 19 heavy (non-hydrogen) atoms. The van der Waals surface area contributed by atoms with Crippen molar-refractivity contribution in [3.63, 3.8) is 0 Å². The Balaban J connectivity index is 1.56. The zero-order valence-electron chi connectivity index (χ0n) is 12.5. The molecule has 2 N–H and O–H groups in total. The van der Waals surface area contributed by atoms with Gasteiger partial charge in [-0.1, -0.05) is 6.92 Å². The van der Waals surface area contributed by atoms with Crippen molar-refractivity contribution >= 4 is 0 Å². The van der Waals surface area contributed by atoms with Gasteiger partial charge in [-0.15, -0.1) is 0 Å². The van der Waals surface area contributed by atoms with Gasteiger partial charge in [-0.3, -0.25) is 4.90 Å². The van der Waals surface area contributed by atoms with E-state index in [-0.39, 0.29) is 6.10 Å². The largest absolute Gasteiger partial charge is 0.393 e. The lowest BCUT2D eigenvalue weighted by atomic mass is 9.77. The van der Waals surface area contributed by atoms with Crippen LogP contribution in [0.15, 0.2) is 0 Å². The first kappa shape index (κ1) is 13.8. The van der Waals surface area contributed by atoms with Gasteiger partial charge in [0, 0.05) is 25.2 Å². The van der Waals surface area contributed by atoms with Gasteiger partial charge in [0.15, 0.2) is 0 Å². The van der Waals surface area contributed by atoms with Gasteiger partial charge in [-0.05, 0) is 63.3 Å². The molecule has 110 valence electrons. The number of nitrogens with one attached hydrogen (secondary N) is 1. The van der Waals surface area contributed by atoms with Gasteiger partial charge >= 0.3 is 0 Å². The summed E-state index contributed by atoms with van der Waals surface area (Å²) in [6.07, 6.45) is 6.58. The zero-order valence-corrected chi connectivity index (χ0v) is 12.5. The van der Waals surface area contributed by atoms with Crippen LogP contribution in [0.1, 0.15) is 46.0 Å². The van der Waals surface area contributed by atoms with Crippen LogP contribution in [0, 0.1) is 17.8 Å². The average molecular weight is 266 g/mol. The lowest BCUT2D eigenvalue weighted by Gasteiger charge is -2.49. The van der Waals surface area contributed by atoms with Crippen LogP contribution in [0.2, 0.25) is 0 Å². The van der Waals surface area contributed by atoms with Crippen LogP contribution in [0.4, 0.5) is 0 Å². The van der Waals surface area contributed by atoms with Gasteiger partial charge in [0.2, 0.25) is 0 Å². The fourth-order valence-corrected chi connectivity index (χ4v) is 3.79. The number of nitrogens with zero attached hydrogens (tertiary/aromatic N) is 1. The van der Waals surface area contributed by atoms with Crippen molar-refractivity contribution < 1.29 is 5.11 Å². The summed E-state index contributed by atoms with van der Waals surface area (Å²) < 4.78 is 0. The molecule has 1 aliphatic heterocycles. The molecule has 0 bridgehead atoms. The Bertz CT molecular complexity index is 303. The van der Waals surface area contributed by atoms with Crippen molar-refractivity contribution in [1.82, 2.24) is 10.2 Å². The zero-order chi connectivity index (χ0) is 13.4. The summed E-state index contributed by atoms with van der Waals surface area (Å²) in [5.74, 6) is 2.26. The predicted molar refractivity (Wildman–Crippen MR) is 78.1 cm³/mol. The summed E-state index contributed by atoms with van der Waals surface area (Å²) in [7, 11) is 0. The normalized spacial score (nSPS) is 41.8. The minimum Gasteiger partial charge on any atom is -0.393 e. The monoisotopic (exact) mass is 266 g/mol. The van der Waals surface area contributed by atoms with Crippen LogP contribution >= 0.6 is 0 Å². The van der Waals surface area contributed by atoms with Crippen molar-refractivity contribution in [1.29, 1.82) is 0 Å². The number of hydrogen-bond acceptors (Lipinski definition) is 3. The molecule has 3 heteroatoms. The van der Waals surface area contributed by atoms with E-state index < -0.39 is 0 Å². The van der Waals surface area contributed by atoms with E-state index in [4.69, 9.17) is 0 Å². The third-order valence-electron chi connectivity index (χ3n) is 5.63. The summed E-state index contributed by atoms with van der Waals surface area (Å²) in [6.45, 7) is 7.85. The summed E-state index contributed by atoms with van der Waals surface area (Å²) in [5, 5.41) is 13.7. The molecule has 3 nitrogen and oxygen atoms in total. The smallest absolute Gasteiger partial charge is 0.0553 e. The van der Waals surface area contributed by atoms with Gasteiger partial charge in [-0.2, -0.15) is 0 Å². The molecule has 5 atom stereocenters. The van der Waals surface area contributed by atoms with Crippen LogP contribution in [-0.2, 0) is 0 Å². The van der Waals surface area contributed by atoms with Gasteiger partial charge in [-0.25, -0.2) is 0 Å². The lowest BCUT2D eigenvalue weighted by molar-refractivity contribution is -0.0104. The number of hydrogen-bond donors (Lipinski definition) is 2. The Hall–Kier alpha value is -0.120. The minimum atomic E-state index is -0.164. The molecule has 2 aliphatic carbocycles. The molecule has 3 rings (SSSR count). The van der Waals surface area contributed by atoms with E-state index in [1.807, 2.05) is 6.92 Å². The first-order valence-electron chi connectivity index (χ1n) is 8.29. The predicted octanol–water partition coefficient (Wildman–Crippen LogP) is 1.86. The maximum Gasteiger partial charge on any atom is 0.0553 e. The second kappa shape index (κ2) is 5.71. The highest BCUT2D eigenvalue weighted by atomic mass is 16.3. The molecule has 0 aromatic rings. The quantitative estimate of drug-likeness (QED) is 0.797. The van der Waals surface area contributed by atoms with E-state index in [1.54, 1.807) is 0 Å². The Kier molecular flexibility index (Phi) is 4.16. The molecule has 0 aromatic heterocycles. The third-order valence-corrected chi connectivity index (χ3v) is 5.63. The lowest BCUT2D eigenvalue weighted by Crippen LogP contribution is -2.58. The SMILES string of the molecule is CC(O)C1CC(NCC2CC2)CN(C2CCC2C)C1. The molecule has 0 radical (unpaired) electrons. The minimum absolute atomic E-state index is 0.164. The molecule has 1 heterocycles. The molecule has 5 unspecified atom stereocenters. The molecule has 3 aliphatic rings. The highest BCUT2D eigenvalue weighted by molar-refractivity contribution is 4.94. The van der Waals surface area contributed by atoms with Crippen LogP contribution in [0.3, 0.4) is 0 Å². The fraction of sp³-hybridized carbons (Fsp3) is 1.00. The second-order valence-electron chi connectivity index (χ2n) is 7.36. The van der Waals surface area contributed by atoms with E-state index >= 15 is 0 Å². The molecule has 3 fully saturated rings. The number of rotatable bonds is 5. The molecule has 0 spiro atoms. The Morgan fingerprint density at radius 1 is 1.21 bits per heavy atom. The van der Waals surface area contributed by atoms with Crippen LogP contribution < -0.4 is 5.32 Å². The van der Waals surface area contributed by atoms with Gasteiger partial charge in [0.1, 0.15) is 0 Å². The summed E-state index contributed by atoms with van der Waals surface area (Å²) in [4.78, 5) is 2.67. The van der Waals surface area contributed by atoms with Crippen molar-refractivity contribution in [2.24, 2.45) is 17.8 Å². The van der Waals surface area contributed by atoms with E-state index in [9.17, 15) is 5.11 Å². The van der Waals surface area contributed by atoms with Crippen LogP contribution in [-0.4, -0.2) is 47.8 Å². The Morgan fingerprint density at radius 3 is 2.53 bits per heavy atom. The maximum absolute atomic E-state index is 9.99. The Labute approximate surface area is 117 Å².